The largest absolute Gasteiger partial charge is 0.370 e. The molecule has 6 heteroatoms. The molecule has 0 unspecified atom stereocenters. The lowest BCUT2D eigenvalue weighted by Crippen LogP contribution is -2.62. The van der Waals surface area contributed by atoms with E-state index in [0.29, 0.717) is 0 Å². The van der Waals surface area contributed by atoms with Crippen molar-refractivity contribution in [2.24, 2.45) is 0 Å². The Morgan fingerprint density at radius 3 is 2.32 bits per heavy atom. The van der Waals surface area contributed by atoms with Gasteiger partial charge in [0.1, 0.15) is 11.2 Å². The summed E-state index contributed by atoms with van der Waals surface area (Å²) in [4.78, 5) is 17.0. The minimum absolute atomic E-state index is 0.244. The number of nitrogens with zero attached hydrogens (tertiary/aromatic N) is 2. The van der Waals surface area contributed by atoms with Gasteiger partial charge >= 0.3 is 0 Å². The van der Waals surface area contributed by atoms with E-state index in [-0.39, 0.29) is 13.1 Å². The van der Waals surface area contributed by atoms with Crippen LogP contribution in [0.4, 0.5) is 8.78 Å². The summed E-state index contributed by atoms with van der Waals surface area (Å²) in [6, 6.07) is 9.44. The van der Waals surface area contributed by atoms with Crippen molar-refractivity contribution < 1.29 is 18.3 Å². The second-order valence-corrected chi connectivity index (χ2v) is 5.20. The summed E-state index contributed by atoms with van der Waals surface area (Å²) in [6.45, 7) is 0.487. The van der Waals surface area contributed by atoms with E-state index in [1.165, 1.54) is 4.90 Å². The topological polar surface area (TPSA) is 42.4 Å². The summed E-state index contributed by atoms with van der Waals surface area (Å²) < 4.78 is 32.8. The van der Waals surface area contributed by atoms with Gasteiger partial charge in [-0.05, 0) is 5.56 Å². The van der Waals surface area contributed by atoms with Crippen molar-refractivity contribution in [3.8, 4) is 0 Å². The molecule has 0 atom stereocenters. The number of pyridine rings is 1. The molecule has 22 heavy (non-hydrogen) atoms. The molecular formula is C16H14F2N2O2. The first-order valence-corrected chi connectivity index (χ1v) is 6.76. The Morgan fingerprint density at radius 2 is 1.77 bits per heavy atom. The third-order valence-electron chi connectivity index (χ3n) is 3.94. The van der Waals surface area contributed by atoms with Gasteiger partial charge in [-0.3, -0.25) is 9.78 Å². The van der Waals surface area contributed by atoms with Gasteiger partial charge in [0.05, 0.1) is 25.5 Å². The lowest BCUT2D eigenvalue weighted by Gasteiger charge is -2.49. The van der Waals surface area contributed by atoms with Crippen molar-refractivity contribution in [3.63, 3.8) is 0 Å². The molecule has 0 spiro atoms. The van der Waals surface area contributed by atoms with Crippen LogP contribution in [-0.2, 0) is 10.3 Å². The molecule has 0 saturated carbocycles. The maximum atomic E-state index is 13.6. The fourth-order valence-corrected chi connectivity index (χ4v) is 2.66. The van der Waals surface area contributed by atoms with Gasteiger partial charge in [-0.15, -0.1) is 0 Å². The summed E-state index contributed by atoms with van der Waals surface area (Å²) in [5.74, 6) is -2.61. The van der Waals surface area contributed by atoms with E-state index in [0.717, 1.165) is 18.0 Å². The van der Waals surface area contributed by atoms with Crippen LogP contribution in [0.25, 0.3) is 0 Å². The van der Waals surface area contributed by atoms with Crippen molar-refractivity contribution in [1.29, 1.82) is 0 Å². The lowest BCUT2D eigenvalue weighted by molar-refractivity contribution is -0.114. The first-order valence-electron chi connectivity index (χ1n) is 6.76. The summed E-state index contributed by atoms with van der Waals surface area (Å²) >= 11 is 0. The first-order chi connectivity index (χ1) is 10.6. The monoisotopic (exact) mass is 304 g/mol. The van der Waals surface area contributed by atoms with Gasteiger partial charge in [0, 0.05) is 7.11 Å². The van der Waals surface area contributed by atoms with Crippen LogP contribution in [0.15, 0.2) is 42.7 Å². The molecule has 1 aliphatic heterocycles. The summed E-state index contributed by atoms with van der Waals surface area (Å²) in [7, 11) is 1.56. The molecule has 114 valence electrons. The molecule has 1 fully saturated rings. The molecule has 3 rings (SSSR count). The SMILES string of the molecule is COC1(c2ccccc2)CN(C(=O)c2c(F)cncc2F)C1. The van der Waals surface area contributed by atoms with Gasteiger partial charge < -0.3 is 9.64 Å². The fourth-order valence-electron chi connectivity index (χ4n) is 2.66. The third-order valence-corrected chi connectivity index (χ3v) is 3.94. The van der Waals surface area contributed by atoms with Crippen LogP contribution in [0.1, 0.15) is 15.9 Å². The van der Waals surface area contributed by atoms with E-state index in [1.54, 1.807) is 7.11 Å². The molecule has 0 N–H and O–H groups in total. The number of aromatic nitrogens is 1. The van der Waals surface area contributed by atoms with E-state index in [9.17, 15) is 13.6 Å². The molecule has 2 heterocycles. The van der Waals surface area contributed by atoms with E-state index in [4.69, 9.17) is 4.74 Å². The molecule has 1 aromatic carbocycles. The third kappa shape index (κ3) is 2.25. The fraction of sp³-hybridized carbons (Fsp3) is 0.250. The number of hydrogen-bond donors (Lipinski definition) is 0. The Kier molecular flexibility index (Phi) is 3.62. The molecule has 0 radical (unpaired) electrons. The maximum Gasteiger partial charge on any atom is 0.260 e. The number of hydrogen-bond acceptors (Lipinski definition) is 3. The second kappa shape index (κ2) is 5.46. The number of halogens is 2. The van der Waals surface area contributed by atoms with Crippen LogP contribution in [0.2, 0.25) is 0 Å². The van der Waals surface area contributed by atoms with Gasteiger partial charge in [-0.25, -0.2) is 8.78 Å². The first kappa shape index (κ1) is 14.6. The standard InChI is InChI=1S/C16H14F2N2O2/c1-22-16(11-5-3-2-4-6-11)9-20(10-16)15(21)14-12(17)7-19-8-13(14)18/h2-8H,9-10H2,1H3. The highest BCUT2D eigenvalue weighted by atomic mass is 19.1. The Hall–Kier alpha value is -2.34. The molecule has 1 aliphatic rings. The van der Waals surface area contributed by atoms with Crippen molar-refractivity contribution >= 4 is 5.91 Å². The summed E-state index contributed by atoms with van der Waals surface area (Å²) in [5, 5.41) is 0. The summed E-state index contributed by atoms with van der Waals surface area (Å²) in [6.07, 6.45) is 1.66. The predicted molar refractivity (Wildman–Crippen MR) is 75.2 cm³/mol. The van der Waals surface area contributed by atoms with E-state index >= 15 is 0 Å². The Balaban J connectivity index is 1.82. The molecule has 0 bridgehead atoms. The van der Waals surface area contributed by atoms with Crippen LogP contribution in [0.5, 0.6) is 0 Å². The number of carbonyl (C=O) groups excluding carboxylic acids is 1. The molecule has 0 aliphatic carbocycles. The van der Waals surface area contributed by atoms with E-state index in [1.807, 2.05) is 30.3 Å². The highest BCUT2D eigenvalue weighted by Crippen LogP contribution is 2.36. The van der Waals surface area contributed by atoms with Crippen LogP contribution in [0.3, 0.4) is 0 Å². The Labute approximate surface area is 126 Å². The minimum atomic E-state index is -0.959. The van der Waals surface area contributed by atoms with Crippen molar-refractivity contribution in [3.05, 3.63) is 65.5 Å². The van der Waals surface area contributed by atoms with Gasteiger partial charge in [0.25, 0.3) is 5.91 Å². The Bertz CT molecular complexity index is 680. The normalized spacial score (nSPS) is 16.2. The highest BCUT2D eigenvalue weighted by molar-refractivity contribution is 5.95. The summed E-state index contributed by atoms with van der Waals surface area (Å²) in [5.41, 5.74) is -0.276. The zero-order chi connectivity index (χ0) is 15.7. The van der Waals surface area contributed by atoms with E-state index < -0.39 is 28.7 Å². The number of ether oxygens (including phenoxy) is 1. The zero-order valence-corrected chi connectivity index (χ0v) is 11.9. The van der Waals surface area contributed by atoms with Crippen molar-refractivity contribution in [2.75, 3.05) is 20.2 Å². The molecule has 2 aromatic rings. The van der Waals surface area contributed by atoms with Gasteiger partial charge in [-0.1, -0.05) is 30.3 Å². The number of carbonyl (C=O) groups is 1. The van der Waals surface area contributed by atoms with Crippen LogP contribution in [-0.4, -0.2) is 36.0 Å². The van der Waals surface area contributed by atoms with Gasteiger partial charge in [0.2, 0.25) is 0 Å². The number of amides is 1. The molecular weight excluding hydrogens is 290 g/mol. The van der Waals surface area contributed by atoms with Crippen LogP contribution < -0.4 is 0 Å². The average molecular weight is 304 g/mol. The highest BCUT2D eigenvalue weighted by Gasteiger charge is 2.47. The number of likely N-dealkylation sites (tertiary alicyclic amines) is 1. The smallest absolute Gasteiger partial charge is 0.260 e. The average Bonchev–Trinajstić information content (AvgIpc) is 2.48. The number of rotatable bonds is 3. The van der Waals surface area contributed by atoms with Crippen molar-refractivity contribution in [1.82, 2.24) is 9.88 Å². The van der Waals surface area contributed by atoms with Gasteiger partial charge in [-0.2, -0.15) is 0 Å². The molecule has 1 saturated heterocycles. The number of methoxy groups -OCH3 is 1. The molecule has 1 amide bonds. The maximum absolute atomic E-state index is 13.6. The van der Waals surface area contributed by atoms with Crippen LogP contribution >= 0.6 is 0 Å². The Morgan fingerprint density at radius 1 is 1.18 bits per heavy atom. The number of benzene rings is 1. The minimum Gasteiger partial charge on any atom is -0.370 e. The quantitative estimate of drug-likeness (QED) is 0.874. The second-order valence-electron chi connectivity index (χ2n) is 5.20. The van der Waals surface area contributed by atoms with E-state index in [2.05, 4.69) is 4.98 Å². The van der Waals surface area contributed by atoms with Crippen LogP contribution in [0, 0.1) is 11.6 Å². The molecule has 4 nitrogen and oxygen atoms in total. The predicted octanol–water partition coefficient (Wildman–Crippen LogP) is 2.36. The molecule has 1 aromatic heterocycles. The zero-order valence-electron chi connectivity index (χ0n) is 11.9. The van der Waals surface area contributed by atoms with Gasteiger partial charge in [0.15, 0.2) is 11.6 Å². The lowest BCUT2D eigenvalue weighted by atomic mass is 9.85. The van der Waals surface area contributed by atoms with Crippen molar-refractivity contribution in [2.45, 2.75) is 5.60 Å².